The molecule has 3 aromatic carbocycles. The van der Waals surface area contributed by atoms with E-state index in [2.05, 4.69) is 10.0 Å². The highest BCUT2D eigenvalue weighted by molar-refractivity contribution is 7.89. The number of nitrogens with one attached hydrogen (secondary N) is 2. The highest BCUT2D eigenvalue weighted by Gasteiger charge is 2.28. The lowest BCUT2D eigenvalue weighted by Crippen LogP contribution is -2.46. The average Bonchev–Trinajstić information content (AvgIpc) is 2.94. The van der Waals surface area contributed by atoms with Crippen molar-refractivity contribution in [3.63, 3.8) is 0 Å². The maximum Gasteiger partial charge on any atom is 0.290 e. The van der Waals surface area contributed by atoms with Gasteiger partial charge in [-0.1, -0.05) is 42.5 Å². The summed E-state index contributed by atoms with van der Waals surface area (Å²) in [7, 11) is -3.83. The number of rotatable bonds is 9. The molecule has 2 amide bonds. The van der Waals surface area contributed by atoms with E-state index in [4.69, 9.17) is 15.6 Å². The smallest absolute Gasteiger partial charge is 0.290 e. The first-order chi connectivity index (χ1) is 19.2. The molecule has 214 valence electrons. The zero-order valence-electron chi connectivity index (χ0n) is 22.5. The molecule has 4 rings (SSSR count). The first-order valence-electron chi connectivity index (χ1n) is 13.2. The van der Waals surface area contributed by atoms with Gasteiger partial charge in [0.2, 0.25) is 15.9 Å². The van der Waals surface area contributed by atoms with Crippen LogP contribution in [0, 0.1) is 6.92 Å². The fraction of sp³-hybridized carbons (Fsp3) is 0.345. The van der Waals surface area contributed by atoms with Gasteiger partial charge in [-0.15, -0.1) is 0 Å². The van der Waals surface area contributed by atoms with E-state index in [-0.39, 0.29) is 29.2 Å². The number of fused-ring (bicyclic) bond motifs is 1. The second-order valence-electron chi connectivity index (χ2n) is 9.55. The lowest BCUT2D eigenvalue weighted by molar-refractivity contribution is -0.132. The van der Waals surface area contributed by atoms with E-state index in [1.165, 1.54) is 6.07 Å². The lowest BCUT2D eigenvalue weighted by Gasteiger charge is -2.32. The van der Waals surface area contributed by atoms with Crippen molar-refractivity contribution in [2.45, 2.75) is 50.0 Å². The third kappa shape index (κ3) is 7.87. The minimum absolute atomic E-state index is 0.101. The van der Waals surface area contributed by atoms with Crippen molar-refractivity contribution < 1.29 is 27.9 Å². The van der Waals surface area contributed by atoms with Crippen molar-refractivity contribution in [1.82, 2.24) is 9.62 Å². The summed E-state index contributed by atoms with van der Waals surface area (Å²) in [5, 5.41) is 11.0. The van der Waals surface area contributed by atoms with Gasteiger partial charge in [0, 0.05) is 47.6 Å². The number of carbonyl (C=O) groups is 3. The molecule has 1 saturated heterocycles. The number of hydrogen-bond acceptors (Lipinski definition) is 6. The summed E-state index contributed by atoms with van der Waals surface area (Å²) >= 11 is 0. The first-order valence-corrected chi connectivity index (χ1v) is 14.7. The third-order valence-corrected chi connectivity index (χ3v) is 8.40. The number of piperidine rings is 1. The molecule has 1 heterocycles. The highest BCUT2D eigenvalue weighted by atomic mass is 32.2. The summed E-state index contributed by atoms with van der Waals surface area (Å²) < 4.78 is 29.7. The quantitative estimate of drug-likeness (QED) is 0.227. The summed E-state index contributed by atoms with van der Waals surface area (Å²) in [4.78, 5) is 35.6. The fourth-order valence-corrected chi connectivity index (χ4v) is 6.26. The summed E-state index contributed by atoms with van der Waals surface area (Å²) in [5.74, 6) is -0.148. The van der Waals surface area contributed by atoms with Crippen LogP contribution in [0.4, 0.5) is 5.69 Å². The molecule has 11 heteroatoms. The topological polar surface area (TPSA) is 159 Å². The van der Waals surface area contributed by atoms with Crippen LogP contribution in [0.5, 0.6) is 0 Å². The number of sulfonamides is 1. The predicted molar refractivity (Wildman–Crippen MR) is 155 cm³/mol. The van der Waals surface area contributed by atoms with Crippen LogP contribution < -0.4 is 15.8 Å². The number of amides is 2. The molecule has 0 aliphatic carbocycles. The number of hydrogen-bond donors (Lipinski definition) is 4. The molecule has 1 aliphatic rings. The summed E-state index contributed by atoms with van der Waals surface area (Å²) in [6, 6.07) is 17.4. The van der Waals surface area contributed by atoms with Crippen LogP contribution in [-0.4, -0.2) is 62.4 Å². The number of likely N-dealkylation sites (tertiary alicyclic amines) is 1. The lowest BCUT2D eigenvalue weighted by atomic mass is 10.1. The number of anilines is 1. The Balaban J connectivity index is 0.00000141. The van der Waals surface area contributed by atoms with Gasteiger partial charge in [0.1, 0.15) is 0 Å². The second kappa shape index (κ2) is 14.5. The van der Waals surface area contributed by atoms with E-state index >= 15 is 0 Å². The van der Waals surface area contributed by atoms with Crippen molar-refractivity contribution >= 4 is 44.8 Å². The monoisotopic (exact) mass is 568 g/mol. The molecule has 40 heavy (non-hydrogen) atoms. The van der Waals surface area contributed by atoms with Crippen LogP contribution in [0.15, 0.2) is 65.6 Å². The van der Waals surface area contributed by atoms with Crippen LogP contribution in [0.1, 0.15) is 48.0 Å². The van der Waals surface area contributed by atoms with Crippen LogP contribution in [0.25, 0.3) is 10.8 Å². The zero-order chi connectivity index (χ0) is 29.1. The molecule has 1 aliphatic heterocycles. The molecule has 0 aromatic heterocycles. The maximum absolute atomic E-state index is 13.4. The van der Waals surface area contributed by atoms with E-state index in [0.29, 0.717) is 60.9 Å². The van der Waals surface area contributed by atoms with E-state index in [9.17, 15) is 18.0 Å². The van der Waals surface area contributed by atoms with Crippen LogP contribution in [-0.2, 0) is 19.6 Å². The molecule has 5 N–H and O–H groups in total. The SMILES string of the molecule is Cc1ccccc1C(=O)Nc1ccc(S(=O)(=O)NC2CCN(C(=O)CCCCN)CC2)c2ccccc12.O=CO. The van der Waals surface area contributed by atoms with Crippen molar-refractivity contribution in [2.75, 3.05) is 25.0 Å². The molecular weight excluding hydrogens is 532 g/mol. The second-order valence-corrected chi connectivity index (χ2v) is 11.2. The van der Waals surface area contributed by atoms with Crippen molar-refractivity contribution in [3.05, 3.63) is 71.8 Å². The van der Waals surface area contributed by atoms with Gasteiger partial charge in [0.05, 0.1) is 4.90 Å². The average molecular weight is 569 g/mol. The molecule has 0 atom stereocenters. The van der Waals surface area contributed by atoms with E-state index in [0.717, 1.165) is 18.4 Å². The van der Waals surface area contributed by atoms with Gasteiger partial charge < -0.3 is 21.1 Å². The van der Waals surface area contributed by atoms with Gasteiger partial charge in [-0.05, 0) is 62.9 Å². The Kier molecular flexibility index (Phi) is 11.2. The van der Waals surface area contributed by atoms with Gasteiger partial charge in [-0.2, -0.15) is 0 Å². The van der Waals surface area contributed by atoms with E-state index < -0.39 is 10.0 Å². The third-order valence-electron chi connectivity index (χ3n) is 6.83. The van der Waals surface area contributed by atoms with Gasteiger partial charge in [-0.3, -0.25) is 14.4 Å². The number of benzene rings is 3. The first kappa shape index (κ1) is 30.7. The standard InChI is InChI=1S/C28H34N4O4S.CH2O2/c1-20-8-2-3-9-22(20)28(34)30-25-13-14-26(24-11-5-4-10-23(24)25)37(35,36)31-21-15-18-32(19-16-21)27(33)12-6-7-17-29;2-1-3/h2-5,8-11,13-14,21,31H,6-7,12,15-19,29H2,1H3,(H,30,34);1H,(H,2,3). The Morgan fingerprint density at radius 2 is 1.62 bits per heavy atom. The summed E-state index contributed by atoms with van der Waals surface area (Å²) in [5.41, 5.74) is 7.47. The Labute approximate surface area is 234 Å². The molecule has 1 fully saturated rings. The number of nitrogens with zero attached hydrogens (tertiary/aromatic N) is 1. The normalized spacial score (nSPS) is 13.8. The Hall–Kier alpha value is -3.80. The number of aryl methyl sites for hydroxylation is 1. The van der Waals surface area contributed by atoms with Crippen LogP contribution in [0.2, 0.25) is 0 Å². The molecular formula is C29H36N4O6S. The van der Waals surface area contributed by atoms with Crippen LogP contribution in [0.3, 0.4) is 0 Å². The van der Waals surface area contributed by atoms with Gasteiger partial charge >= 0.3 is 0 Å². The Morgan fingerprint density at radius 3 is 2.27 bits per heavy atom. The largest absolute Gasteiger partial charge is 0.483 e. The van der Waals surface area contributed by atoms with Crippen molar-refractivity contribution in [3.8, 4) is 0 Å². The molecule has 0 unspecified atom stereocenters. The number of carboxylic acid groups (broad SMARTS) is 1. The zero-order valence-corrected chi connectivity index (χ0v) is 23.3. The van der Waals surface area contributed by atoms with Gasteiger partial charge in [0.25, 0.3) is 12.4 Å². The molecule has 3 aromatic rings. The van der Waals surface area contributed by atoms with Gasteiger partial charge in [0.15, 0.2) is 0 Å². The maximum atomic E-state index is 13.4. The van der Waals surface area contributed by atoms with Crippen LogP contribution >= 0.6 is 0 Å². The van der Waals surface area contributed by atoms with E-state index in [1.54, 1.807) is 30.3 Å². The summed E-state index contributed by atoms with van der Waals surface area (Å²) in [6.45, 7) is 3.25. The number of unbranched alkanes of at least 4 members (excludes halogenated alkanes) is 1. The van der Waals surface area contributed by atoms with Crippen molar-refractivity contribution in [2.24, 2.45) is 5.73 Å². The Bertz CT molecular complexity index is 1440. The fourth-order valence-electron chi connectivity index (χ4n) is 4.74. The van der Waals surface area contributed by atoms with E-state index in [1.807, 2.05) is 36.1 Å². The Morgan fingerprint density at radius 1 is 1.00 bits per heavy atom. The molecule has 0 spiro atoms. The minimum Gasteiger partial charge on any atom is -0.483 e. The summed E-state index contributed by atoms with van der Waals surface area (Å²) in [6.07, 6.45) is 3.20. The number of nitrogens with two attached hydrogens (primary N) is 1. The van der Waals surface area contributed by atoms with Gasteiger partial charge in [-0.25, -0.2) is 13.1 Å². The molecule has 0 radical (unpaired) electrons. The molecule has 0 bridgehead atoms. The van der Waals surface area contributed by atoms with Crippen molar-refractivity contribution in [1.29, 1.82) is 0 Å². The minimum atomic E-state index is -3.83. The molecule has 10 nitrogen and oxygen atoms in total. The number of carbonyl (C=O) groups excluding carboxylic acids is 2. The predicted octanol–water partition coefficient (Wildman–Crippen LogP) is 3.50. The highest BCUT2D eigenvalue weighted by Crippen LogP contribution is 2.30. The molecule has 0 saturated carbocycles.